The Morgan fingerprint density at radius 1 is 1.21 bits per heavy atom. The van der Waals surface area contributed by atoms with Gasteiger partial charge < -0.3 is 14.6 Å². The number of benzene rings is 2. The van der Waals surface area contributed by atoms with Crippen molar-refractivity contribution in [3.8, 4) is 5.75 Å². The maximum Gasteiger partial charge on any atom is 0.223 e. The number of hydrogen-bond donors (Lipinski definition) is 1. The molecule has 0 bridgehead atoms. The molecule has 0 amide bonds. The van der Waals surface area contributed by atoms with E-state index in [4.69, 9.17) is 20.9 Å². The van der Waals surface area contributed by atoms with Crippen molar-refractivity contribution in [3.05, 3.63) is 76.4 Å². The predicted molar refractivity (Wildman–Crippen MR) is 115 cm³/mol. The lowest BCUT2D eigenvalue weighted by Crippen LogP contribution is -2.45. The molecular weight excluding hydrogens is 411 g/mol. The van der Waals surface area contributed by atoms with E-state index >= 15 is 0 Å². The zero-order valence-corrected chi connectivity index (χ0v) is 17.7. The SMILES string of the molecule is Cc1nc(COc2ccc(CN3CCNCC3c3ccccc3Cl)cc2)no1.Cl. The van der Waals surface area contributed by atoms with Crippen LogP contribution in [0.4, 0.5) is 0 Å². The van der Waals surface area contributed by atoms with E-state index in [1.165, 1.54) is 11.1 Å². The fourth-order valence-electron chi connectivity index (χ4n) is 3.46. The highest BCUT2D eigenvalue weighted by atomic mass is 35.5. The summed E-state index contributed by atoms with van der Waals surface area (Å²) in [6.45, 7) is 5.77. The number of ether oxygens (including phenoxy) is 1. The van der Waals surface area contributed by atoms with Crippen LogP contribution in [0, 0.1) is 6.92 Å². The van der Waals surface area contributed by atoms with Gasteiger partial charge in [0.1, 0.15) is 5.75 Å². The molecule has 1 unspecified atom stereocenters. The zero-order valence-electron chi connectivity index (χ0n) is 16.2. The van der Waals surface area contributed by atoms with E-state index in [2.05, 4.69) is 38.6 Å². The van der Waals surface area contributed by atoms with Gasteiger partial charge in [0.25, 0.3) is 0 Å². The Morgan fingerprint density at radius 2 is 2.00 bits per heavy atom. The van der Waals surface area contributed by atoms with Crippen molar-refractivity contribution in [2.24, 2.45) is 0 Å². The van der Waals surface area contributed by atoms with Crippen molar-refractivity contribution in [1.29, 1.82) is 0 Å². The molecule has 1 aromatic heterocycles. The summed E-state index contributed by atoms with van der Waals surface area (Å²) in [5, 5.41) is 8.14. The molecule has 1 atom stereocenters. The van der Waals surface area contributed by atoms with Crippen molar-refractivity contribution in [1.82, 2.24) is 20.4 Å². The first-order valence-electron chi connectivity index (χ1n) is 9.39. The largest absolute Gasteiger partial charge is 0.485 e. The highest BCUT2D eigenvalue weighted by molar-refractivity contribution is 6.31. The molecule has 1 saturated heterocycles. The molecule has 0 radical (unpaired) electrons. The van der Waals surface area contributed by atoms with Crippen LogP contribution in [0.25, 0.3) is 0 Å². The highest BCUT2D eigenvalue weighted by Gasteiger charge is 2.25. The molecule has 0 saturated carbocycles. The molecule has 4 rings (SSSR count). The van der Waals surface area contributed by atoms with Gasteiger partial charge in [-0.1, -0.05) is 47.1 Å². The van der Waals surface area contributed by atoms with E-state index in [1.807, 2.05) is 30.3 Å². The van der Waals surface area contributed by atoms with Crippen LogP contribution in [0.1, 0.15) is 28.9 Å². The van der Waals surface area contributed by atoms with Crippen molar-refractivity contribution in [2.45, 2.75) is 26.1 Å². The lowest BCUT2D eigenvalue weighted by molar-refractivity contribution is 0.154. The number of nitrogens with zero attached hydrogens (tertiary/aromatic N) is 3. The Morgan fingerprint density at radius 3 is 2.72 bits per heavy atom. The number of piperazine rings is 1. The minimum atomic E-state index is 0. The smallest absolute Gasteiger partial charge is 0.223 e. The first-order valence-corrected chi connectivity index (χ1v) is 9.77. The summed E-state index contributed by atoms with van der Waals surface area (Å²) in [5.41, 5.74) is 2.41. The van der Waals surface area contributed by atoms with Crippen LogP contribution in [-0.2, 0) is 13.2 Å². The number of halogens is 2. The lowest BCUT2D eigenvalue weighted by Gasteiger charge is -2.37. The summed E-state index contributed by atoms with van der Waals surface area (Å²) in [4.78, 5) is 6.61. The van der Waals surface area contributed by atoms with Gasteiger partial charge in [-0.15, -0.1) is 12.4 Å². The molecule has 8 heteroatoms. The molecule has 154 valence electrons. The van der Waals surface area contributed by atoms with Gasteiger partial charge in [-0.05, 0) is 29.3 Å². The fourth-order valence-corrected chi connectivity index (χ4v) is 3.72. The van der Waals surface area contributed by atoms with Gasteiger partial charge in [-0.25, -0.2) is 0 Å². The van der Waals surface area contributed by atoms with Crippen LogP contribution in [0.15, 0.2) is 53.1 Å². The van der Waals surface area contributed by atoms with Gasteiger partial charge in [-0.3, -0.25) is 4.90 Å². The van der Waals surface area contributed by atoms with Crippen LogP contribution in [0.2, 0.25) is 5.02 Å². The molecule has 2 aromatic carbocycles. The van der Waals surface area contributed by atoms with Crippen molar-refractivity contribution >= 4 is 24.0 Å². The van der Waals surface area contributed by atoms with Crippen LogP contribution in [-0.4, -0.2) is 34.7 Å². The normalized spacial score (nSPS) is 17.0. The molecule has 29 heavy (non-hydrogen) atoms. The Balaban J connectivity index is 0.00000240. The standard InChI is InChI=1S/C21H23ClN4O2.ClH/c1-15-24-21(25-28-15)14-27-17-8-6-16(7-9-17)13-26-11-10-23-12-20(26)18-4-2-3-5-19(18)22;/h2-9,20,23H,10-14H2,1H3;1H. The summed E-state index contributed by atoms with van der Waals surface area (Å²) in [6.07, 6.45) is 0. The topological polar surface area (TPSA) is 63.4 Å². The molecule has 1 aliphatic rings. The second-order valence-corrected chi connectivity index (χ2v) is 7.28. The lowest BCUT2D eigenvalue weighted by atomic mass is 10.0. The molecule has 2 heterocycles. The maximum atomic E-state index is 6.45. The summed E-state index contributed by atoms with van der Waals surface area (Å²) in [6, 6.07) is 16.5. The van der Waals surface area contributed by atoms with Crippen LogP contribution in [0.5, 0.6) is 5.75 Å². The number of aromatic nitrogens is 2. The van der Waals surface area contributed by atoms with Crippen LogP contribution in [0.3, 0.4) is 0 Å². The minimum absolute atomic E-state index is 0. The Labute approximate surface area is 181 Å². The van der Waals surface area contributed by atoms with E-state index in [0.29, 0.717) is 18.3 Å². The third-order valence-electron chi connectivity index (χ3n) is 4.87. The molecular formula is C21H24Cl2N4O2. The monoisotopic (exact) mass is 434 g/mol. The van der Waals surface area contributed by atoms with Crippen molar-refractivity contribution < 1.29 is 9.26 Å². The molecule has 6 nitrogen and oxygen atoms in total. The van der Waals surface area contributed by atoms with Crippen LogP contribution >= 0.6 is 24.0 Å². The fraction of sp³-hybridized carbons (Fsp3) is 0.333. The number of aryl methyl sites for hydroxylation is 1. The molecule has 1 fully saturated rings. The van der Waals surface area contributed by atoms with E-state index in [0.717, 1.165) is 37.0 Å². The van der Waals surface area contributed by atoms with Crippen molar-refractivity contribution in [3.63, 3.8) is 0 Å². The number of rotatable bonds is 6. The highest BCUT2D eigenvalue weighted by Crippen LogP contribution is 2.29. The van der Waals surface area contributed by atoms with Gasteiger partial charge in [0, 0.05) is 44.2 Å². The average molecular weight is 435 g/mol. The molecule has 0 spiro atoms. The van der Waals surface area contributed by atoms with E-state index in [1.54, 1.807) is 6.92 Å². The number of hydrogen-bond acceptors (Lipinski definition) is 6. The molecule has 0 aliphatic carbocycles. The van der Waals surface area contributed by atoms with Gasteiger partial charge in [0.05, 0.1) is 0 Å². The third-order valence-corrected chi connectivity index (χ3v) is 5.21. The average Bonchev–Trinajstić information content (AvgIpc) is 3.14. The summed E-state index contributed by atoms with van der Waals surface area (Å²) in [5.74, 6) is 1.87. The predicted octanol–water partition coefficient (Wildman–Crippen LogP) is 4.18. The summed E-state index contributed by atoms with van der Waals surface area (Å²) < 4.78 is 10.7. The third kappa shape index (κ3) is 5.48. The Bertz CT molecular complexity index is 917. The van der Waals surface area contributed by atoms with E-state index < -0.39 is 0 Å². The molecule has 1 aliphatic heterocycles. The first kappa shape index (κ1) is 21.6. The second kappa shape index (κ2) is 10.1. The van der Waals surface area contributed by atoms with Gasteiger partial charge >= 0.3 is 0 Å². The van der Waals surface area contributed by atoms with E-state index in [-0.39, 0.29) is 18.4 Å². The first-order chi connectivity index (χ1) is 13.7. The van der Waals surface area contributed by atoms with Gasteiger partial charge in [-0.2, -0.15) is 4.98 Å². The summed E-state index contributed by atoms with van der Waals surface area (Å²) >= 11 is 6.45. The van der Waals surface area contributed by atoms with Gasteiger partial charge in [0.2, 0.25) is 11.7 Å². The quantitative estimate of drug-likeness (QED) is 0.627. The Hall–Kier alpha value is -2.12. The maximum absolute atomic E-state index is 6.45. The Kier molecular flexibility index (Phi) is 7.50. The summed E-state index contributed by atoms with van der Waals surface area (Å²) in [7, 11) is 0. The van der Waals surface area contributed by atoms with Crippen molar-refractivity contribution in [2.75, 3.05) is 19.6 Å². The molecule has 1 N–H and O–H groups in total. The zero-order chi connectivity index (χ0) is 19.3. The molecule has 3 aromatic rings. The van der Waals surface area contributed by atoms with Crippen LogP contribution < -0.4 is 10.1 Å². The van der Waals surface area contributed by atoms with Gasteiger partial charge in [0.15, 0.2) is 6.61 Å². The second-order valence-electron chi connectivity index (χ2n) is 6.87. The number of nitrogens with one attached hydrogen (secondary N) is 1. The minimum Gasteiger partial charge on any atom is -0.485 e. The van der Waals surface area contributed by atoms with E-state index in [9.17, 15) is 0 Å².